The van der Waals surface area contributed by atoms with Gasteiger partial charge in [0.05, 0.1) is 6.61 Å². The van der Waals surface area contributed by atoms with Crippen LogP contribution in [0.2, 0.25) is 0 Å². The molecule has 0 amide bonds. The quantitative estimate of drug-likeness (QED) is 0.525. The third-order valence-electron chi connectivity index (χ3n) is 1.79. The number of esters is 1. The second-order valence-corrected chi connectivity index (χ2v) is 2.62. The largest absolute Gasteiger partial charge is 0.464 e. The minimum absolute atomic E-state index is 0.0500. The van der Waals surface area contributed by atoms with Crippen molar-refractivity contribution in [3.8, 4) is 0 Å². The molecule has 0 spiro atoms. The summed E-state index contributed by atoms with van der Waals surface area (Å²) in [5, 5.41) is 12.2. The lowest BCUT2D eigenvalue weighted by Gasteiger charge is -2.29. The molecule has 1 rings (SSSR count). The highest BCUT2D eigenvalue weighted by molar-refractivity contribution is 5.74. The molecule has 1 aliphatic heterocycles. The van der Waals surface area contributed by atoms with Crippen LogP contribution in [0.1, 0.15) is 6.92 Å². The Hall–Kier alpha value is -0.610. The molecular formula is C7H13NO3. The maximum Gasteiger partial charge on any atom is 0.335 e. The standard InChI is InChI=1S/C7H13NO3/c1-2-11-7(10)6(9)5-3-8-4-5/h5-6,8-9H,2-4H2,1H3. The fraction of sp³-hybridized carbons (Fsp3) is 0.857. The van der Waals surface area contributed by atoms with E-state index in [1.54, 1.807) is 6.92 Å². The predicted molar refractivity (Wildman–Crippen MR) is 39.0 cm³/mol. The highest BCUT2D eigenvalue weighted by Crippen LogP contribution is 2.09. The number of rotatable bonds is 3. The minimum Gasteiger partial charge on any atom is -0.464 e. The molecule has 0 saturated carbocycles. The van der Waals surface area contributed by atoms with E-state index < -0.39 is 12.1 Å². The Kier molecular flexibility index (Phi) is 2.84. The predicted octanol–water partition coefficient (Wildman–Crippen LogP) is -0.870. The lowest BCUT2D eigenvalue weighted by molar-refractivity contribution is -0.157. The summed E-state index contributed by atoms with van der Waals surface area (Å²) in [6, 6.07) is 0. The van der Waals surface area contributed by atoms with Crippen molar-refractivity contribution in [2.45, 2.75) is 13.0 Å². The van der Waals surface area contributed by atoms with Gasteiger partial charge in [0.2, 0.25) is 0 Å². The Balaban J connectivity index is 2.27. The van der Waals surface area contributed by atoms with Gasteiger partial charge in [-0.1, -0.05) is 0 Å². The first-order chi connectivity index (χ1) is 5.25. The number of carbonyl (C=O) groups excluding carboxylic acids is 1. The van der Waals surface area contributed by atoms with Gasteiger partial charge in [0.25, 0.3) is 0 Å². The molecule has 4 nitrogen and oxygen atoms in total. The van der Waals surface area contributed by atoms with Crippen molar-refractivity contribution in [1.82, 2.24) is 5.32 Å². The van der Waals surface area contributed by atoms with E-state index in [9.17, 15) is 9.90 Å². The molecule has 0 aromatic rings. The lowest BCUT2D eigenvalue weighted by atomic mass is 9.97. The summed E-state index contributed by atoms with van der Waals surface area (Å²) in [7, 11) is 0. The third-order valence-corrected chi connectivity index (χ3v) is 1.79. The summed E-state index contributed by atoms with van der Waals surface area (Å²) in [6.07, 6.45) is -0.934. The van der Waals surface area contributed by atoms with Crippen LogP contribution < -0.4 is 5.32 Å². The van der Waals surface area contributed by atoms with Gasteiger partial charge in [-0.05, 0) is 6.92 Å². The van der Waals surface area contributed by atoms with Gasteiger partial charge in [-0.3, -0.25) is 0 Å². The number of carbonyl (C=O) groups is 1. The summed E-state index contributed by atoms with van der Waals surface area (Å²) in [4.78, 5) is 10.9. The van der Waals surface area contributed by atoms with E-state index >= 15 is 0 Å². The maximum absolute atomic E-state index is 10.9. The van der Waals surface area contributed by atoms with Crippen LogP contribution in [-0.2, 0) is 9.53 Å². The first-order valence-corrected chi connectivity index (χ1v) is 3.81. The summed E-state index contributed by atoms with van der Waals surface area (Å²) in [5.41, 5.74) is 0. The van der Waals surface area contributed by atoms with Gasteiger partial charge < -0.3 is 15.2 Å². The Morgan fingerprint density at radius 3 is 2.82 bits per heavy atom. The highest BCUT2D eigenvalue weighted by Gasteiger charge is 2.31. The van der Waals surface area contributed by atoms with E-state index in [0.717, 1.165) is 0 Å². The zero-order valence-electron chi connectivity index (χ0n) is 6.54. The van der Waals surface area contributed by atoms with Crippen LogP contribution in [-0.4, -0.2) is 36.9 Å². The van der Waals surface area contributed by atoms with Crippen molar-refractivity contribution in [3.63, 3.8) is 0 Å². The van der Waals surface area contributed by atoms with Crippen LogP contribution >= 0.6 is 0 Å². The normalized spacial score (nSPS) is 20.5. The van der Waals surface area contributed by atoms with E-state index in [-0.39, 0.29) is 5.92 Å². The minimum atomic E-state index is -0.934. The van der Waals surface area contributed by atoms with Gasteiger partial charge in [-0.15, -0.1) is 0 Å². The van der Waals surface area contributed by atoms with Crippen molar-refractivity contribution >= 4 is 5.97 Å². The average Bonchev–Trinajstić information content (AvgIpc) is 1.84. The average molecular weight is 159 g/mol. The van der Waals surface area contributed by atoms with E-state index in [1.807, 2.05) is 0 Å². The molecule has 4 heteroatoms. The second kappa shape index (κ2) is 3.69. The van der Waals surface area contributed by atoms with Crippen molar-refractivity contribution in [3.05, 3.63) is 0 Å². The van der Waals surface area contributed by atoms with Crippen molar-refractivity contribution in [2.75, 3.05) is 19.7 Å². The molecule has 1 saturated heterocycles. The highest BCUT2D eigenvalue weighted by atomic mass is 16.5. The van der Waals surface area contributed by atoms with Crippen LogP contribution in [0.5, 0.6) is 0 Å². The Morgan fingerprint density at radius 2 is 2.45 bits per heavy atom. The first kappa shape index (κ1) is 8.49. The van der Waals surface area contributed by atoms with E-state index in [0.29, 0.717) is 19.7 Å². The number of aliphatic hydroxyl groups is 1. The van der Waals surface area contributed by atoms with Crippen LogP contribution in [0.4, 0.5) is 0 Å². The molecule has 0 aromatic carbocycles. The van der Waals surface area contributed by atoms with Crippen LogP contribution in [0.25, 0.3) is 0 Å². The van der Waals surface area contributed by atoms with E-state index in [1.165, 1.54) is 0 Å². The zero-order chi connectivity index (χ0) is 8.27. The SMILES string of the molecule is CCOC(=O)C(O)C1CNC1. The zero-order valence-corrected chi connectivity index (χ0v) is 6.54. The number of hydrogen-bond acceptors (Lipinski definition) is 4. The molecule has 1 unspecified atom stereocenters. The summed E-state index contributed by atoms with van der Waals surface area (Å²) in [5.74, 6) is -0.451. The summed E-state index contributed by atoms with van der Waals surface area (Å²) in [6.45, 7) is 3.47. The lowest BCUT2D eigenvalue weighted by Crippen LogP contribution is -2.51. The molecule has 1 atom stereocenters. The van der Waals surface area contributed by atoms with Gasteiger partial charge in [0, 0.05) is 19.0 Å². The van der Waals surface area contributed by atoms with Gasteiger partial charge in [0.1, 0.15) is 0 Å². The van der Waals surface area contributed by atoms with Crippen LogP contribution in [0.3, 0.4) is 0 Å². The molecule has 1 heterocycles. The molecule has 1 aliphatic rings. The molecular weight excluding hydrogens is 146 g/mol. The fourth-order valence-electron chi connectivity index (χ4n) is 0.954. The number of hydrogen-bond donors (Lipinski definition) is 2. The topological polar surface area (TPSA) is 58.6 Å². The Morgan fingerprint density at radius 1 is 1.82 bits per heavy atom. The molecule has 11 heavy (non-hydrogen) atoms. The van der Waals surface area contributed by atoms with Gasteiger partial charge in [-0.2, -0.15) is 0 Å². The molecule has 0 aliphatic carbocycles. The first-order valence-electron chi connectivity index (χ1n) is 3.81. The van der Waals surface area contributed by atoms with E-state index in [2.05, 4.69) is 10.1 Å². The van der Waals surface area contributed by atoms with Crippen molar-refractivity contribution in [2.24, 2.45) is 5.92 Å². The van der Waals surface area contributed by atoms with Gasteiger partial charge >= 0.3 is 5.97 Å². The molecule has 0 bridgehead atoms. The number of aliphatic hydroxyl groups excluding tert-OH is 1. The Bertz CT molecular complexity index is 145. The molecule has 0 radical (unpaired) electrons. The molecule has 64 valence electrons. The number of nitrogens with one attached hydrogen (secondary N) is 1. The van der Waals surface area contributed by atoms with Crippen molar-refractivity contribution < 1.29 is 14.6 Å². The van der Waals surface area contributed by atoms with Crippen LogP contribution in [0, 0.1) is 5.92 Å². The monoisotopic (exact) mass is 159 g/mol. The molecule has 1 fully saturated rings. The van der Waals surface area contributed by atoms with Crippen molar-refractivity contribution in [1.29, 1.82) is 0 Å². The van der Waals surface area contributed by atoms with Gasteiger partial charge in [0.15, 0.2) is 6.10 Å². The van der Waals surface area contributed by atoms with Gasteiger partial charge in [-0.25, -0.2) is 4.79 Å². The maximum atomic E-state index is 10.9. The summed E-state index contributed by atoms with van der Waals surface area (Å²) >= 11 is 0. The summed E-state index contributed by atoms with van der Waals surface area (Å²) < 4.78 is 4.64. The van der Waals surface area contributed by atoms with E-state index in [4.69, 9.17) is 0 Å². The molecule has 2 N–H and O–H groups in total. The number of ether oxygens (including phenoxy) is 1. The smallest absolute Gasteiger partial charge is 0.335 e. The Labute approximate surface area is 65.5 Å². The third kappa shape index (κ3) is 1.91. The fourth-order valence-corrected chi connectivity index (χ4v) is 0.954. The van der Waals surface area contributed by atoms with Crippen LogP contribution in [0.15, 0.2) is 0 Å². The second-order valence-electron chi connectivity index (χ2n) is 2.62. The molecule has 0 aromatic heterocycles.